The number of rotatable bonds is 7. The number of amides is 1. The van der Waals surface area contributed by atoms with Crippen LogP contribution in [0.4, 0.5) is 0 Å². The summed E-state index contributed by atoms with van der Waals surface area (Å²) in [4.78, 5) is 32.8. The zero-order valence-corrected chi connectivity index (χ0v) is 20.0. The lowest BCUT2D eigenvalue weighted by Gasteiger charge is -2.20. The molecule has 9 nitrogen and oxygen atoms in total. The van der Waals surface area contributed by atoms with Crippen LogP contribution >= 0.6 is 0 Å². The molecule has 9 heteroatoms. The number of aromatic nitrogens is 6. The predicted molar refractivity (Wildman–Crippen MR) is 129 cm³/mol. The van der Waals surface area contributed by atoms with Crippen LogP contribution in [0, 0.1) is 6.92 Å². The maximum Gasteiger partial charge on any atom is 0.251 e. The fourth-order valence-corrected chi connectivity index (χ4v) is 3.50. The molecule has 174 valence electrons. The molecule has 34 heavy (non-hydrogen) atoms. The molecule has 3 heterocycles. The lowest BCUT2D eigenvalue weighted by molar-refractivity contribution is 0.0939. The summed E-state index contributed by atoms with van der Waals surface area (Å²) in [5.41, 5.74) is 4.56. The Balaban J connectivity index is 1.76. The third-order valence-electron chi connectivity index (χ3n) is 5.73. The Labute approximate surface area is 198 Å². The molecule has 4 rings (SSSR count). The standard InChI is InChI=1S/C25H28N8O/c1-16-6-7-22(28-13-16)19-10-20(25(34)31-17(2)23-14-26-8-9-27-23)12-21(11-19)33-24(29-15-30-33)18(3)32(4)5/h6-15,17-18H,1-5H3,(H,31,34). The highest BCUT2D eigenvalue weighted by Gasteiger charge is 2.20. The van der Waals surface area contributed by atoms with Crippen molar-refractivity contribution in [3.05, 3.63) is 84.1 Å². The smallest absolute Gasteiger partial charge is 0.251 e. The number of hydrogen-bond donors (Lipinski definition) is 1. The fraction of sp³-hybridized carbons (Fsp3) is 0.280. The van der Waals surface area contributed by atoms with Gasteiger partial charge in [-0.15, -0.1) is 0 Å². The van der Waals surface area contributed by atoms with Crippen LogP contribution in [0.1, 0.15) is 53.4 Å². The van der Waals surface area contributed by atoms with Gasteiger partial charge >= 0.3 is 0 Å². The van der Waals surface area contributed by atoms with Crippen molar-refractivity contribution >= 4 is 5.91 Å². The van der Waals surface area contributed by atoms with E-state index < -0.39 is 0 Å². The average molecular weight is 457 g/mol. The van der Waals surface area contributed by atoms with E-state index in [1.165, 1.54) is 6.33 Å². The summed E-state index contributed by atoms with van der Waals surface area (Å²) >= 11 is 0. The minimum absolute atomic E-state index is 0.0256. The van der Waals surface area contributed by atoms with Gasteiger partial charge in [-0.3, -0.25) is 24.6 Å². The van der Waals surface area contributed by atoms with Crippen molar-refractivity contribution in [3.63, 3.8) is 0 Å². The number of carbonyl (C=O) groups excluding carboxylic acids is 1. The van der Waals surface area contributed by atoms with Crippen molar-refractivity contribution in [1.82, 2.24) is 39.9 Å². The first-order chi connectivity index (χ1) is 16.3. The highest BCUT2D eigenvalue weighted by molar-refractivity contribution is 5.96. The Morgan fingerprint density at radius 1 is 1.03 bits per heavy atom. The van der Waals surface area contributed by atoms with E-state index in [0.717, 1.165) is 28.3 Å². The summed E-state index contributed by atoms with van der Waals surface area (Å²) in [6, 6.07) is 9.30. The molecule has 2 atom stereocenters. The SMILES string of the molecule is Cc1ccc(-c2cc(C(=O)NC(C)c3cnccn3)cc(-n3ncnc3C(C)N(C)C)c2)nc1. The van der Waals surface area contributed by atoms with Crippen LogP contribution in [0.3, 0.4) is 0 Å². The Morgan fingerprint density at radius 2 is 1.85 bits per heavy atom. The van der Waals surface area contributed by atoms with Gasteiger partial charge in [0.25, 0.3) is 5.91 Å². The molecule has 1 aromatic carbocycles. The second-order valence-corrected chi connectivity index (χ2v) is 8.48. The third-order valence-corrected chi connectivity index (χ3v) is 5.73. The van der Waals surface area contributed by atoms with E-state index in [1.54, 1.807) is 23.3 Å². The average Bonchev–Trinajstić information content (AvgIpc) is 3.34. The van der Waals surface area contributed by atoms with Crippen molar-refractivity contribution in [2.24, 2.45) is 0 Å². The van der Waals surface area contributed by atoms with Gasteiger partial charge in [0.1, 0.15) is 12.2 Å². The molecule has 1 amide bonds. The molecule has 0 saturated carbocycles. The van der Waals surface area contributed by atoms with E-state index in [1.807, 2.05) is 64.5 Å². The number of carbonyl (C=O) groups is 1. The quantitative estimate of drug-likeness (QED) is 0.454. The largest absolute Gasteiger partial charge is 0.344 e. The van der Waals surface area contributed by atoms with Gasteiger partial charge in [0.15, 0.2) is 0 Å². The van der Waals surface area contributed by atoms with Gasteiger partial charge in [0, 0.05) is 29.7 Å². The van der Waals surface area contributed by atoms with Crippen LogP contribution in [0.15, 0.2) is 61.4 Å². The Hall–Kier alpha value is -3.98. The van der Waals surface area contributed by atoms with Crippen LogP contribution < -0.4 is 5.32 Å². The molecule has 0 aliphatic carbocycles. The van der Waals surface area contributed by atoms with E-state index in [-0.39, 0.29) is 18.0 Å². The van der Waals surface area contributed by atoms with Crippen molar-refractivity contribution in [2.45, 2.75) is 32.9 Å². The van der Waals surface area contributed by atoms with Crippen LogP contribution in [-0.4, -0.2) is 54.6 Å². The molecule has 1 N–H and O–H groups in total. The van der Waals surface area contributed by atoms with Gasteiger partial charge in [0.2, 0.25) is 0 Å². The maximum absolute atomic E-state index is 13.3. The monoisotopic (exact) mass is 456 g/mol. The van der Waals surface area contributed by atoms with E-state index in [4.69, 9.17) is 0 Å². The fourth-order valence-electron chi connectivity index (χ4n) is 3.50. The Morgan fingerprint density at radius 3 is 2.53 bits per heavy atom. The molecule has 0 fully saturated rings. The maximum atomic E-state index is 13.3. The van der Waals surface area contributed by atoms with E-state index in [0.29, 0.717) is 11.3 Å². The molecule has 3 aromatic heterocycles. The van der Waals surface area contributed by atoms with E-state index >= 15 is 0 Å². The van der Waals surface area contributed by atoms with Crippen molar-refractivity contribution in [3.8, 4) is 16.9 Å². The number of aryl methyl sites for hydroxylation is 1. The predicted octanol–water partition coefficient (Wildman–Crippen LogP) is 3.54. The van der Waals surface area contributed by atoms with Crippen LogP contribution in [-0.2, 0) is 0 Å². The van der Waals surface area contributed by atoms with Crippen LogP contribution in [0.25, 0.3) is 16.9 Å². The molecule has 0 aliphatic rings. The second kappa shape index (κ2) is 9.88. The summed E-state index contributed by atoms with van der Waals surface area (Å²) in [7, 11) is 3.98. The number of pyridine rings is 1. The van der Waals surface area contributed by atoms with E-state index in [2.05, 4.69) is 42.2 Å². The minimum Gasteiger partial charge on any atom is -0.344 e. The number of hydrogen-bond acceptors (Lipinski definition) is 7. The molecule has 0 aliphatic heterocycles. The molecule has 0 radical (unpaired) electrons. The molecule has 4 aromatic rings. The summed E-state index contributed by atoms with van der Waals surface area (Å²) < 4.78 is 1.77. The van der Waals surface area contributed by atoms with Gasteiger partial charge in [-0.2, -0.15) is 5.10 Å². The van der Waals surface area contributed by atoms with Crippen LogP contribution in [0.2, 0.25) is 0 Å². The topological polar surface area (TPSA) is 102 Å². The number of benzene rings is 1. The van der Waals surface area contributed by atoms with E-state index in [9.17, 15) is 4.79 Å². The summed E-state index contributed by atoms with van der Waals surface area (Å²) in [6.07, 6.45) is 8.20. The molecular weight excluding hydrogens is 428 g/mol. The van der Waals surface area contributed by atoms with Gasteiger partial charge in [-0.25, -0.2) is 9.67 Å². The van der Waals surface area contributed by atoms with Gasteiger partial charge in [-0.1, -0.05) is 6.07 Å². The van der Waals surface area contributed by atoms with Crippen LogP contribution in [0.5, 0.6) is 0 Å². The summed E-state index contributed by atoms with van der Waals surface area (Å²) in [6.45, 7) is 5.93. The van der Waals surface area contributed by atoms with Crippen molar-refractivity contribution in [2.75, 3.05) is 14.1 Å². The summed E-state index contributed by atoms with van der Waals surface area (Å²) in [5.74, 6) is 0.550. The molecule has 2 unspecified atom stereocenters. The number of nitrogens with zero attached hydrogens (tertiary/aromatic N) is 7. The minimum atomic E-state index is -0.304. The van der Waals surface area contributed by atoms with Crippen molar-refractivity contribution in [1.29, 1.82) is 0 Å². The molecular formula is C25H28N8O. The van der Waals surface area contributed by atoms with Gasteiger partial charge < -0.3 is 5.32 Å². The molecule has 0 bridgehead atoms. The molecule has 0 spiro atoms. The second-order valence-electron chi connectivity index (χ2n) is 8.48. The lowest BCUT2D eigenvalue weighted by Crippen LogP contribution is -2.27. The van der Waals surface area contributed by atoms with Gasteiger partial charge in [-0.05, 0) is 64.7 Å². The zero-order chi connectivity index (χ0) is 24.2. The third kappa shape index (κ3) is 4.99. The Kier molecular flexibility index (Phi) is 6.74. The zero-order valence-electron chi connectivity index (χ0n) is 20.0. The highest BCUT2D eigenvalue weighted by Crippen LogP contribution is 2.26. The first-order valence-corrected chi connectivity index (χ1v) is 11.0. The van der Waals surface area contributed by atoms with Crippen molar-refractivity contribution < 1.29 is 4.79 Å². The first-order valence-electron chi connectivity index (χ1n) is 11.0. The Bertz CT molecular complexity index is 1270. The number of nitrogens with one attached hydrogen (secondary N) is 1. The lowest BCUT2D eigenvalue weighted by atomic mass is 10.0. The summed E-state index contributed by atoms with van der Waals surface area (Å²) in [5, 5.41) is 7.47. The molecule has 0 saturated heterocycles. The normalized spacial score (nSPS) is 13.0. The highest BCUT2D eigenvalue weighted by atomic mass is 16.1. The van der Waals surface area contributed by atoms with Gasteiger partial charge in [0.05, 0.1) is 35.4 Å². The first kappa shape index (κ1) is 23.2.